The third kappa shape index (κ3) is 4.92. The van der Waals surface area contributed by atoms with Crippen LogP contribution in [0.25, 0.3) is 5.65 Å². The maximum Gasteiger partial charge on any atom is 0.322 e. The fraction of sp³-hybridized carbons (Fsp3) is 0.458. The predicted octanol–water partition coefficient (Wildman–Crippen LogP) is 3.84. The highest BCUT2D eigenvalue weighted by Crippen LogP contribution is 2.37. The van der Waals surface area contributed by atoms with Crippen LogP contribution in [0.15, 0.2) is 36.7 Å². The molecular weight excluding hydrogens is 456 g/mol. The van der Waals surface area contributed by atoms with E-state index >= 15 is 0 Å². The van der Waals surface area contributed by atoms with Gasteiger partial charge in [-0.25, -0.2) is 23.1 Å². The molecule has 11 heteroatoms. The first kappa shape index (κ1) is 23.4. The van der Waals surface area contributed by atoms with Crippen LogP contribution < -0.4 is 10.2 Å². The third-order valence-corrected chi connectivity index (χ3v) is 6.35. The van der Waals surface area contributed by atoms with E-state index in [1.54, 1.807) is 27.9 Å². The Bertz CT molecular complexity index is 1210. The lowest BCUT2D eigenvalue weighted by Crippen LogP contribution is -2.50. The molecule has 4 heterocycles. The van der Waals surface area contributed by atoms with E-state index in [0.717, 1.165) is 18.6 Å². The molecule has 1 aromatic carbocycles. The van der Waals surface area contributed by atoms with Crippen LogP contribution in [0.1, 0.15) is 38.3 Å². The van der Waals surface area contributed by atoms with Gasteiger partial charge in [-0.2, -0.15) is 10.2 Å². The summed E-state index contributed by atoms with van der Waals surface area (Å²) in [6, 6.07) is 4.81. The standard InChI is InChI=1S/C24H29F2N7O2/c1-16(2)35-31-12-10-30(11-13-31)24(34)28-20-15-27-33-9-7-22(29-23(20)33)32-8-3-4-21(32)18-14-17(25)5-6-19(18)26/h5-7,9,14-16,21H,3-4,8,10-13H2,1-2H3,(H,28,34)/t21-/m1/s1. The number of amides is 2. The Morgan fingerprint density at radius 3 is 2.71 bits per heavy atom. The topological polar surface area (TPSA) is 78.2 Å². The average molecular weight is 486 g/mol. The number of aromatic nitrogens is 3. The number of carbonyl (C=O) groups excluding carboxylic acids is 1. The van der Waals surface area contributed by atoms with Crippen molar-refractivity contribution in [2.24, 2.45) is 0 Å². The zero-order chi connectivity index (χ0) is 24.5. The lowest BCUT2D eigenvalue weighted by Gasteiger charge is -2.34. The summed E-state index contributed by atoms with van der Waals surface area (Å²) < 4.78 is 29.9. The summed E-state index contributed by atoms with van der Waals surface area (Å²) in [5.74, 6) is -0.270. The Morgan fingerprint density at radius 2 is 1.94 bits per heavy atom. The molecule has 2 amide bonds. The molecule has 1 atom stereocenters. The molecule has 2 aromatic heterocycles. The summed E-state index contributed by atoms with van der Waals surface area (Å²) >= 11 is 0. The molecule has 1 N–H and O–H groups in total. The smallest absolute Gasteiger partial charge is 0.322 e. The lowest BCUT2D eigenvalue weighted by molar-refractivity contribution is -0.198. The summed E-state index contributed by atoms with van der Waals surface area (Å²) in [7, 11) is 0. The van der Waals surface area contributed by atoms with Gasteiger partial charge in [0.25, 0.3) is 0 Å². The van der Waals surface area contributed by atoms with E-state index in [-0.39, 0.29) is 18.2 Å². The summed E-state index contributed by atoms with van der Waals surface area (Å²) in [6.45, 7) is 6.99. The van der Waals surface area contributed by atoms with Gasteiger partial charge in [-0.15, -0.1) is 0 Å². The molecule has 2 aliphatic rings. The van der Waals surface area contributed by atoms with E-state index in [1.165, 1.54) is 6.07 Å². The van der Waals surface area contributed by atoms with Crippen molar-refractivity contribution in [1.82, 2.24) is 24.6 Å². The van der Waals surface area contributed by atoms with Crippen molar-refractivity contribution in [3.63, 3.8) is 0 Å². The average Bonchev–Trinajstić information content (AvgIpc) is 3.48. The number of piperazine rings is 1. The van der Waals surface area contributed by atoms with E-state index in [2.05, 4.69) is 10.4 Å². The number of anilines is 2. The first-order valence-electron chi connectivity index (χ1n) is 11.9. The van der Waals surface area contributed by atoms with E-state index in [0.29, 0.717) is 61.9 Å². The van der Waals surface area contributed by atoms with Crippen molar-refractivity contribution in [2.45, 2.75) is 38.8 Å². The number of carbonyl (C=O) groups is 1. The van der Waals surface area contributed by atoms with E-state index in [4.69, 9.17) is 9.82 Å². The van der Waals surface area contributed by atoms with Crippen LogP contribution in [0, 0.1) is 11.6 Å². The van der Waals surface area contributed by atoms with Gasteiger partial charge in [0.2, 0.25) is 0 Å². The van der Waals surface area contributed by atoms with Crippen molar-refractivity contribution in [3.05, 3.63) is 53.9 Å². The number of urea groups is 1. The van der Waals surface area contributed by atoms with Crippen LogP contribution in [0.4, 0.5) is 25.1 Å². The minimum absolute atomic E-state index is 0.0991. The highest BCUT2D eigenvalue weighted by Gasteiger charge is 2.30. The highest BCUT2D eigenvalue weighted by molar-refractivity contribution is 5.93. The molecule has 0 unspecified atom stereocenters. The summed E-state index contributed by atoms with van der Waals surface area (Å²) in [6.07, 6.45) is 4.95. The number of hydroxylamine groups is 2. The van der Waals surface area contributed by atoms with Gasteiger partial charge < -0.3 is 15.1 Å². The molecule has 0 spiro atoms. The van der Waals surface area contributed by atoms with Gasteiger partial charge >= 0.3 is 6.03 Å². The SMILES string of the molecule is CC(C)ON1CCN(C(=O)Nc2cnn3ccc(N4CCC[C@@H]4c4cc(F)ccc4F)nc23)CC1. The molecule has 3 aromatic rings. The van der Waals surface area contributed by atoms with Gasteiger partial charge in [-0.1, -0.05) is 0 Å². The van der Waals surface area contributed by atoms with Crippen molar-refractivity contribution in [2.75, 3.05) is 42.9 Å². The molecule has 0 aliphatic carbocycles. The Labute approximate surface area is 202 Å². The van der Waals surface area contributed by atoms with E-state index in [9.17, 15) is 13.6 Å². The van der Waals surface area contributed by atoms with Crippen LogP contribution in [-0.4, -0.2) is 69.4 Å². The Kier molecular flexibility index (Phi) is 6.52. The number of fused-ring (bicyclic) bond motifs is 1. The van der Waals surface area contributed by atoms with Gasteiger partial charge in [-0.3, -0.25) is 4.84 Å². The lowest BCUT2D eigenvalue weighted by atomic mass is 10.0. The molecule has 2 fully saturated rings. The Balaban J connectivity index is 1.33. The van der Waals surface area contributed by atoms with Crippen LogP contribution >= 0.6 is 0 Å². The third-order valence-electron chi connectivity index (χ3n) is 6.35. The van der Waals surface area contributed by atoms with Crippen molar-refractivity contribution in [3.8, 4) is 0 Å². The van der Waals surface area contributed by atoms with Gasteiger partial charge in [0.15, 0.2) is 5.65 Å². The molecule has 186 valence electrons. The zero-order valence-electron chi connectivity index (χ0n) is 19.8. The molecule has 0 bridgehead atoms. The van der Waals surface area contributed by atoms with Gasteiger partial charge in [-0.05, 0) is 51.0 Å². The van der Waals surface area contributed by atoms with Crippen molar-refractivity contribution < 1.29 is 18.4 Å². The fourth-order valence-electron chi connectivity index (χ4n) is 4.73. The Hall–Kier alpha value is -3.31. The monoisotopic (exact) mass is 485 g/mol. The van der Waals surface area contributed by atoms with Crippen molar-refractivity contribution >= 4 is 23.2 Å². The molecule has 5 rings (SSSR count). The predicted molar refractivity (Wildman–Crippen MR) is 127 cm³/mol. The largest absolute Gasteiger partial charge is 0.349 e. The number of hydrogen-bond acceptors (Lipinski definition) is 6. The zero-order valence-corrected chi connectivity index (χ0v) is 19.8. The number of benzene rings is 1. The second-order valence-electron chi connectivity index (χ2n) is 9.13. The van der Waals surface area contributed by atoms with Crippen LogP contribution in [0.3, 0.4) is 0 Å². The maximum atomic E-state index is 14.5. The van der Waals surface area contributed by atoms with Crippen LogP contribution in [-0.2, 0) is 4.84 Å². The van der Waals surface area contributed by atoms with Crippen LogP contribution in [0.2, 0.25) is 0 Å². The Morgan fingerprint density at radius 1 is 1.14 bits per heavy atom. The number of nitrogens with one attached hydrogen (secondary N) is 1. The summed E-state index contributed by atoms with van der Waals surface area (Å²) in [5.41, 5.74) is 1.31. The molecule has 9 nitrogen and oxygen atoms in total. The summed E-state index contributed by atoms with van der Waals surface area (Å²) in [5, 5.41) is 9.10. The number of rotatable bonds is 5. The second kappa shape index (κ2) is 9.74. The number of halogens is 2. The molecule has 0 radical (unpaired) electrons. The second-order valence-corrected chi connectivity index (χ2v) is 9.13. The number of hydrogen-bond donors (Lipinski definition) is 1. The molecular formula is C24H29F2N7O2. The van der Waals surface area contributed by atoms with Crippen molar-refractivity contribution in [1.29, 1.82) is 0 Å². The van der Waals surface area contributed by atoms with Gasteiger partial charge in [0.05, 0.1) is 18.3 Å². The van der Waals surface area contributed by atoms with Crippen LogP contribution in [0.5, 0.6) is 0 Å². The van der Waals surface area contributed by atoms with E-state index < -0.39 is 11.6 Å². The molecule has 2 aliphatic heterocycles. The number of nitrogens with zero attached hydrogens (tertiary/aromatic N) is 6. The molecule has 2 saturated heterocycles. The van der Waals surface area contributed by atoms with Gasteiger partial charge in [0.1, 0.15) is 23.1 Å². The first-order chi connectivity index (χ1) is 16.9. The quantitative estimate of drug-likeness (QED) is 0.592. The maximum absolute atomic E-state index is 14.5. The van der Waals surface area contributed by atoms with Gasteiger partial charge in [0, 0.05) is 44.5 Å². The summed E-state index contributed by atoms with van der Waals surface area (Å²) in [4.78, 5) is 27.0. The minimum Gasteiger partial charge on any atom is -0.349 e. The first-order valence-corrected chi connectivity index (χ1v) is 11.9. The highest BCUT2D eigenvalue weighted by atomic mass is 19.1. The molecule has 0 saturated carbocycles. The van der Waals surface area contributed by atoms with E-state index in [1.807, 2.05) is 23.8 Å². The molecule has 35 heavy (non-hydrogen) atoms. The normalized spacial score (nSPS) is 19.2. The minimum atomic E-state index is -0.464. The fourth-order valence-corrected chi connectivity index (χ4v) is 4.73.